The van der Waals surface area contributed by atoms with Crippen LogP contribution in [0.5, 0.6) is 5.75 Å². The standard InChI is InChI=1S/C23H32F3N3O6S/c1-15-5-6-17(14-28-9-11-29(12-10-28)21(31)34-16(2)23(24,25)26)19(13-15)35-22(3,4)20(30)27-36(32,33)18-7-8-18/h5-6,13,16,18H,7-12,14H2,1-4H3,(H,27,30). The molecule has 1 saturated heterocycles. The number of nitrogens with zero attached hydrogens (tertiary/aromatic N) is 2. The smallest absolute Gasteiger partial charge is 0.425 e. The summed E-state index contributed by atoms with van der Waals surface area (Å²) in [6.45, 7) is 7.20. The van der Waals surface area contributed by atoms with Crippen LogP contribution in [0.15, 0.2) is 18.2 Å². The molecule has 2 fully saturated rings. The van der Waals surface area contributed by atoms with Gasteiger partial charge in [-0.2, -0.15) is 13.2 Å². The van der Waals surface area contributed by atoms with E-state index in [1.807, 2.05) is 24.0 Å². The number of carbonyl (C=O) groups is 2. The summed E-state index contributed by atoms with van der Waals surface area (Å²) >= 11 is 0. The van der Waals surface area contributed by atoms with Gasteiger partial charge < -0.3 is 14.4 Å². The fraction of sp³-hybridized carbons (Fsp3) is 0.652. The first-order valence-corrected chi connectivity index (χ1v) is 13.2. The van der Waals surface area contributed by atoms with E-state index >= 15 is 0 Å². The molecule has 1 aromatic rings. The van der Waals surface area contributed by atoms with Crippen LogP contribution in [0.25, 0.3) is 0 Å². The van der Waals surface area contributed by atoms with E-state index in [1.165, 1.54) is 18.7 Å². The number of ether oxygens (including phenoxy) is 2. The average molecular weight is 536 g/mol. The third kappa shape index (κ3) is 7.25. The zero-order valence-corrected chi connectivity index (χ0v) is 21.5. The Kier molecular flexibility index (Phi) is 8.13. The minimum Gasteiger partial charge on any atom is -0.478 e. The molecule has 1 unspecified atom stereocenters. The van der Waals surface area contributed by atoms with Gasteiger partial charge in [0.25, 0.3) is 5.91 Å². The van der Waals surface area contributed by atoms with Crippen LogP contribution in [0.2, 0.25) is 0 Å². The van der Waals surface area contributed by atoms with Crippen molar-refractivity contribution in [3.63, 3.8) is 0 Å². The third-order valence-corrected chi connectivity index (χ3v) is 7.91. The molecule has 1 N–H and O–H groups in total. The first kappa shape index (κ1) is 28.0. The van der Waals surface area contributed by atoms with Crippen molar-refractivity contribution in [3.8, 4) is 5.75 Å². The van der Waals surface area contributed by atoms with Crippen molar-refractivity contribution in [2.45, 2.75) is 70.2 Å². The number of amides is 2. The van der Waals surface area contributed by atoms with E-state index in [2.05, 4.69) is 9.46 Å². The van der Waals surface area contributed by atoms with Crippen LogP contribution < -0.4 is 9.46 Å². The Labute approximate surface area is 209 Å². The molecule has 2 amide bonds. The van der Waals surface area contributed by atoms with E-state index in [0.29, 0.717) is 38.2 Å². The molecule has 1 heterocycles. The summed E-state index contributed by atoms with van der Waals surface area (Å²) in [7, 11) is -3.72. The SMILES string of the molecule is Cc1ccc(CN2CCN(C(=O)OC(C)C(F)(F)F)CC2)c(OC(C)(C)C(=O)NS(=O)(=O)C2CC2)c1. The van der Waals surface area contributed by atoms with Crippen molar-refractivity contribution in [3.05, 3.63) is 29.3 Å². The summed E-state index contributed by atoms with van der Waals surface area (Å²) in [4.78, 5) is 28.0. The van der Waals surface area contributed by atoms with Gasteiger partial charge in [0.2, 0.25) is 10.0 Å². The van der Waals surface area contributed by atoms with Crippen molar-refractivity contribution in [2.75, 3.05) is 26.2 Å². The summed E-state index contributed by atoms with van der Waals surface area (Å²) < 4.78 is 75.0. The van der Waals surface area contributed by atoms with Crippen molar-refractivity contribution < 1.29 is 40.7 Å². The quantitative estimate of drug-likeness (QED) is 0.546. The van der Waals surface area contributed by atoms with Crippen molar-refractivity contribution in [1.82, 2.24) is 14.5 Å². The van der Waals surface area contributed by atoms with E-state index in [9.17, 15) is 31.2 Å². The summed E-state index contributed by atoms with van der Waals surface area (Å²) in [5.41, 5.74) is 0.150. The molecule has 0 spiro atoms. The minimum atomic E-state index is -4.62. The number of rotatable bonds is 8. The molecular weight excluding hydrogens is 503 g/mol. The van der Waals surface area contributed by atoms with Gasteiger partial charge in [-0.1, -0.05) is 12.1 Å². The largest absolute Gasteiger partial charge is 0.478 e. The number of halogens is 3. The van der Waals surface area contributed by atoms with Gasteiger partial charge in [0, 0.05) is 38.3 Å². The van der Waals surface area contributed by atoms with Crippen LogP contribution in [0.4, 0.5) is 18.0 Å². The monoisotopic (exact) mass is 535 g/mol. The molecule has 1 aromatic carbocycles. The molecule has 0 radical (unpaired) electrons. The summed E-state index contributed by atoms with van der Waals surface area (Å²) in [6, 6.07) is 5.47. The number of benzene rings is 1. The van der Waals surface area contributed by atoms with E-state index < -0.39 is 45.2 Å². The molecule has 1 aliphatic heterocycles. The number of carbonyl (C=O) groups excluding carboxylic acids is 2. The summed E-state index contributed by atoms with van der Waals surface area (Å²) in [5.74, 6) is -0.345. The lowest BCUT2D eigenvalue weighted by Crippen LogP contribution is -2.50. The number of piperazine rings is 1. The molecule has 202 valence electrons. The molecule has 1 aliphatic carbocycles. The number of sulfonamides is 1. The van der Waals surface area contributed by atoms with Crippen molar-refractivity contribution >= 4 is 22.0 Å². The fourth-order valence-electron chi connectivity index (χ4n) is 3.54. The first-order chi connectivity index (χ1) is 16.6. The Morgan fingerprint density at radius 3 is 2.31 bits per heavy atom. The molecule has 2 aliphatic rings. The lowest BCUT2D eigenvalue weighted by atomic mass is 10.1. The third-order valence-electron chi connectivity index (χ3n) is 6.10. The van der Waals surface area contributed by atoms with Gasteiger partial charge >= 0.3 is 12.3 Å². The van der Waals surface area contributed by atoms with Crippen LogP contribution in [0.1, 0.15) is 44.7 Å². The van der Waals surface area contributed by atoms with Gasteiger partial charge in [0.15, 0.2) is 11.7 Å². The average Bonchev–Trinajstić information content (AvgIpc) is 3.61. The summed E-state index contributed by atoms with van der Waals surface area (Å²) in [6.07, 6.45) is -6.76. The fourth-order valence-corrected chi connectivity index (χ4v) is 4.97. The minimum absolute atomic E-state index is 0.193. The van der Waals surface area contributed by atoms with Gasteiger partial charge in [-0.05, 0) is 52.2 Å². The van der Waals surface area contributed by atoms with Crippen molar-refractivity contribution in [1.29, 1.82) is 0 Å². The maximum atomic E-state index is 12.7. The Hall–Kier alpha value is -2.54. The maximum absolute atomic E-state index is 12.7. The number of hydrogen-bond donors (Lipinski definition) is 1. The van der Waals surface area contributed by atoms with Crippen LogP contribution in [0.3, 0.4) is 0 Å². The van der Waals surface area contributed by atoms with Crippen LogP contribution in [-0.4, -0.2) is 79.5 Å². The predicted octanol–water partition coefficient (Wildman–Crippen LogP) is 2.97. The van der Waals surface area contributed by atoms with E-state index in [1.54, 1.807) is 6.07 Å². The highest BCUT2D eigenvalue weighted by atomic mass is 32.2. The first-order valence-electron chi connectivity index (χ1n) is 11.7. The normalized spacial score (nSPS) is 18.5. The molecular formula is C23H32F3N3O6S. The van der Waals surface area contributed by atoms with Gasteiger partial charge in [-0.25, -0.2) is 17.9 Å². The number of alkyl halides is 3. The molecule has 9 nitrogen and oxygen atoms in total. The van der Waals surface area contributed by atoms with Crippen LogP contribution in [0, 0.1) is 6.92 Å². The second-order valence-electron chi connectivity index (χ2n) is 9.73. The van der Waals surface area contributed by atoms with Gasteiger partial charge in [-0.15, -0.1) is 0 Å². The Morgan fingerprint density at radius 2 is 1.75 bits per heavy atom. The van der Waals surface area contributed by atoms with Crippen molar-refractivity contribution in [2.24, 2.45) is 0 Å². The second-order valence-corrected chi connectivity index (χ2v) is 11.7. The predicted molar refractivity (Wildman–Crippen MR) is 125 cm³/mol. The Morgan fingerprint density at radius 1 is 1.14 bits per heavy atom. The van der Waals surface area contributed by atoms with Crippen LogP contribution in [-0.2, 0) is 26.1 Å². The lowest BCUT2D eigenvalue weighted by Gasteiger charge is -2.35. The molecule has 1 atom stereocenters. The molecule has 13 heteroatoms. The molecule has 0 aromatic heterocycles. The highest BCUT2D eigenvalue weighted by Crippen LogP contribution is 2.30. The van der Waals surface area contributed by atoms with Gasteiger partial charge in [0.05, 0.1) is 5.25 Å². The molecule has 36 heavy (non-hydrogen) atoms. The Balaban J connectivity index is 1.61. The zero-order chi connectivity index (χ0) is 26.9. The second kappa shape index (κ2) is 10.4. The van der Waals surface area contributed by atoms with E-state index in [0.717, 1.165) is 18.1 Å². The number of nitrogens with one attached hydrogen (secondary N) is 1. The van der Waals surface area contributed by atoms with Gasteiger partial charge in [-0.3, -0.25) is 9.69 Å². The molecule has 0 bridgehead atoms. The van der Waals surface area contributed by atoms with Crippen LogP contribution >= 0.6 is 0 Å². The molecule has 3 rings (SSSR count). The number of hydrogen-bond acceptors (Lipinski definition) is 7. The Bertz CT molecular complexity index is 1080. The topological polar surface area (TPSA) is 105 Å². The maximum Gasteiger partial charge on any atom is 0.425 e. The summed E-state index contributed by atoms with van der Waals surface area (Å²) in [5, 5.41) is -0.542. The molecule has 1 saturated carbocycles. The zero-order valence-electron chi connectivity index (χ0n) is 20.7. The lowest BCUT2D eigenvalue weighted by molar-refractivity contribution is -0.200. The highest BCUT2D eigenvalue weighted by Gasteiger charge is 2.42. The van der Waals surface area contributed by atoms with E-state index in [-0.39, 0.29) is 13.1 Å². The number of aryl methyl sites for hydroxylation is 1. The van der Waals surface area contributed by atoms with Gasteiger partial charge in [0.1, 0.15) is 5.75 Å². The highest BCUT2D eigenvalue weighted by molar-refractivity contribution is 7.90. The van der Waals surface area contributed by atoms with E-state index in [4.69, 9.17) is 4.74 Å².